The van der Waals surface area contributed by atoms with Gasteiger partial charge in [0.2, 0.25) is 0 Å². The van der Waals surface area contributed by atoms with Crippen LogP contribution in [0, 0.1) is 0 Å². The van der Waals surface area contributed by atoms with E-state index < -0.39 is 6.10 Å². The fraction of sp³-hybridized carbons (Fsp3) is 0.176. The van der Waals surface area contributed by atoms with E-state index in [1.54, 1.807) is 31.4 Å². The largest absolute Gasteiger partial charge is 0.497 e. The number of ether oxygens (including phenoxy) is 1. The maximum Gasteiger partial charge on any atom is 0.183 e. The number of aliphatic hydroxyl groups excluding tert-OH is 1. The molecule has 22 heavy (non-hydrogen) atoms. The van der Waals surface area contributed by atoms with Gasteiger partial charge < -0.3 is 9.84 Å². The normalized spacial score (nSPS) is 12.1. The summed E-state index contributed by atoms with van der Waals surface area (Å²) in [5, 5.41) is 17.3. The molecular formula is C17H17N3O2. The molecule has 3 aromatic rings. The van der Waals surface area contributed by atoms with Crippen molar-refractivity contribution >= 4 is 0 Å². The van der Waals surface area contributed by atoms with Crippen molar-refractivity contribution in [3.8, 4) is 5.75 Å². The fourth-order valence-electron chi connectivity index (χ4n) is 2.24. The predicted molar refractivity (Wildman–Crippen MR) is 82.7 cm³/mol. The van der Waals surface area contributed by atoms with E-state index in [1.165, 1.54) is 0 Å². The van der Waals surface area contributed by atoms with Gasteiger partial charge in [0.25, 0.3) is 0 Å². The van der Waals surface area contributed by atoms with Crippen molar-refractivity contribution in [3.05, 3.63) is 77.4 Å². The van der Waals surface area contributed by atoms with E-state index in [1.807, 2.05) is 30.3 Å². The van der Waals surface area contributed by atoms with Gasteiger partial charge in [-0.05, 0) is 23.3 Å². The molecule has 0 amide bonds. The third-order valence-corrected chi connectivity index (χ3v) is 3.44. The molecule has 112 valence electrons. The van der Waals surface area contributed by atoms with Crippen LogP contribution < -0.4 is 4.74 Å². The number of hydrogen-bond acceptors (Lipinski definition) is 4. The van der Waals surface area contributed by atoms with Gasteiger partial charge in [-0.2, -0.15) is 5.10 Å². The first-order valence-electron chi connectivity index (χ1n) is 7.03. The summed E-state index contributed by atoms with van der Waals surface area (Å²) in [4.78, 5) is 4.38. The molecule has 0 aliphatic carbocycles. The van der Waals surface area contributed by atoms with Crippen molar-refractivity contribution in [1.29, 1.82) is 0 Å². The highest BCUT2D eigenvalue weighted by Gasteiger charge is 2.16. The molecule has 1 atom stereocenters. The second-order valence-electron chi connectivity index (χ2n) is 4.98. The van der Waals surface area contributed by atoms with Gasteiger partial charge in [0.15, 0.2) is 5.82 Å². The number of rotatable bonds is 5. The summed E-state index contributed by atoms with van der Waals surface area (Å²) in [6.07, 6.45) is -0.199. The Morgan fingerprint density at radius 1 is 1.09 bits per heavy atom. The van der Waals surface area contributed by atoms with Gasteiger partial charge >= 0.3 is 0 Å². The SMILES string of the molecule is COc1ccc([C@H](O)c2n[nH]c(Cc3ccccc3)n2)cc1. The van der Waals surface area contributed by atoms with Gasteiger partial charge in [0.05, 0.1) is 7.11 Å². The van der Waals surface area contributed by atoms with Crippen molar-refractivity contribution in [1.82, 2.24) is 15.2 Å². The Balaban J connectivity index is 1.74. The molecule has 5 heteroatoms. The minimum absolute atomic E-state index is 0.371. The second-order valence-corrected chi connectivity index (χ2v) is 4.98. The molecule has 1 aromatic heterocycles. The molecule has 5 nitrogen and oxygen atoms in total. The maximum atomic E-state index is 10.3. The van der Waals surface area contributed by atoms with Gasteiger partial charge in [0, 0.05) is 6.42 Å². The van der Waals surface area contributed by atoms with Gasteiger partial charge in [0.1, 0.15) is 17.7 Å². The maximum absolute atomic E-state index is 10.3. The average Bonchev–Trinajstić information content (AvgIpc) is 3.04. The quantitative estimate of drug-likeness (QED) is 0.758. The molecule has 2 N–H and O–H groups in total. The van der Waals surface area contributed by atoms with Crippen LogP contribution in [-0.4, -0.2) is 27.4 Å². The zero-order chi connectivity index (χ0) is 15.4. The lowest BCUT2D eigenvalue weighted by molar-refractivity contribution is 0.210. The Bertz CT molecular complexity index is 723. The topological polar surface area (TPSA) is 71.0 Å². The molecule has 0 aliphatic heterocycles. The lowest BCUT2D eigenvalue weighted by Gasteiger charge is -2.07. The molecule has 2 aromatic carbocycles. The van der Waals surface area contributed by atoms with Crippen molar-refractivity contribution < 1.29 is 9.84 Å². The molecule has 0 spiro atoms. The minimum Gasteiger partial charge on any atom is -0.497 e. The van der Waals surface area contributed by atoms with Crippen molar-refractivity contribution in [3.63, 3.8) is 0 Å². The summed E-state index contributed by atoms with van der Waals surface area (Å²) in [7, 11) is 1.61. The van der Waals surface area contributed by atoms with Crippen LogP contribution in [0.25, 0.3) is 0 Å². The molecular weight excluding hydrogens is 278 g/mol. The molecule has 1 heterocycles. The van der Waals surface area contributed by atoms with Crippen LogP contribution in [0.2, 0.25) is 0 Å². The van der Waals surface area contributed by atoms with Crippen molar-refractivity contribution in [2.45, 2.75) is 12.5 Å². The van der Waals surface area contributed by atoms with E-state index in [4.69, 9.17) is 4.74 Å². The number of H-pyrrole nitrogens is 1. The molecule has 0 bridgehead atoms. The smallest absolute Gasteiger partial charge is 0.183 e. The van der Waals surface area contributed by atoms with Crippen molar-refractivity contribution in [2.24, 2.45) is 0 Å². The monoisotopic (exact) mass is 295 g/mol. The molecule has 3 rings (SSSR count). The van der Waals surface area contributed by atoms with Crippen LogP contribution in [-0.2, 0) is 6.42 Å². The first-order valence-corrected chi connectivity index (χ1v) is 7.03. The van der Waals surface area contributed by atoms with Gasteiger partial charge in [-0.15, -0.1) is 0 Å². The number of aromatic nitrogens is 3. The predicted octanol–water partition coefficient (Wildman–Crippen LogP) is 2.49. The summed E-state index contributed by atoms with van der Waals surface area (Å²) in [5.41, 5.74) is 1.87. The lowest BCUT2D eigenvalue weighted by atomic mass is 10.1. The second kappa shape index (κ2) is 6.41. The highest BCUT2D eigenvalue weighted by molar-refractivity contribution is 5.30. The van der Waals surface area contributed by atoms with E-state index in [2.05, 4.69) is 15.2 Å². The molecule has 0 aliphatic rings. The lowest BCUT2D eigenvalue weighted by Crippen LogP contribution is -2.02. The molecule has 0 radical (unpaired) electrons. The van der Waals surface area contributed by atoms with Gasteiger partial charge in [-0.25, -0.2) is 4.98 Å². The number of aromatic amines is 1. The minimum atomic E-state index is -0.855. The number of nitrogens with zero attached hydrogens (tertiary/aromatic N) is 2. The number of benzene rings is 2. The van der Waals surface area contributed by atoms with E-state index in [0.29, 0.717) is 12.2 Å². The Hall–Kier alpha value is -2.66. The summed E-state index contributed by atoms with van der Waals surface area (Å²) >= 11 is 0. The fourth-order valence-corrected chi connectivity index (χ4v) is 2.24. The Morgan fingerprint density at radius 2 is 1.82 bits per heavy atom. The zero-order valence-corrected chi connectivity index (χ0v) is 12.2. The summed E-state index contributed by atoms with van der Waals surface area (Å²) in [6.45, 7) is 0. The summed E-state index contributed by atoms with van der Waals surface area (Å²) in [6, 6.07) is 17.2. The highest BCUT2D eigenvalue weighted by atomic mass is 16.5. The van der Waals surface area contributed by atoms with Gasteiger partial charge in [-0.1, -0.05) is 42.5 Å². The number of nitrogens with one attached hydrogen (secondary N) is 1. The first-order chi connectivity index (χ1) is 10.8. The van der Waals surface area contributed by atoms with Crippen molar-refractivity contribution in [2.75, 3.05) is 7.11 Å². The van der Waals surface area contributed by atoms with E-state index in [0.717, 1.165) is 22.7 Å². The summed E-state index contributed by atoms with van der Waals surface area (Å²) < 4.78 is 5.11. The molecule has 0 saturated carbocycles. The molecule has 0 unspecified atom stereocenters. The Labute approximate surface area is 128 Å². The highest BCUT2D eigenvalue weighted by Crippen LogP contribution is 2.21. The van der Waals surface area contributed by atoms with Crippen LogP contribution in [0.5, 0.6) is 5.75 Å². The zero-order valence-electron chi connectivity index (χ0n) is 12.2. The van der Waals surface area contributed by atoms with Crippen LogP contribution in [0.1, 0.15) is 28.9 Å². The average molecular weight is 295 g/mol. The third-order valence-electron chi connectivity index (χ3n) is 3.44. The van der Waals surface area contributed by atoms with E-state index in [-0.39, 0.29) is 0 Å². The number of hydrogen-bond donors (Lipinski definition) is 2. The van der Waals surface area contributed by atoms with Crippen LogP contribution in [0.4, 0.5) is 0 Å². The number of aliphatic hydroxyl groups is 1. The molecule has 0 fully saturated rings. The van der Waals surface area contributed by atoms with Crippen LogP contribution >= 0.6 is 0 Å². The van der Waals surface area contributed by atoms with Crippen LogP contribution in [0.15, 0.2) is 54.6 Å². The van der Waals surface area contributed by atoms with Crippen LogP contribution in [0.3, 0.4) is 0 Å². The van der Waals surface area contributed by atoms with Gasteiger partial charge in [-0.3, -0.25) is 5.10 Å². The molecule has 0 saturated heterocycles. The summed E-state index contributed by atoms with van der Waals surface area (Å²) in [5.74, 6) is 1.85. The first kappa shape index (κ1) is 14.3. The number of methoxy groups -OCH3 is 1. The Morgan fingerprint density at radius 3 is 2.50 bits per heavy atom. The van der Waals surface area contributed by atoms with E-state index >= 15 is 0 Å². The van der Waals surface area contributed by atoms with E-state index in [9.17, 15) is 5.11 Å². The third kappa shape index (κ3) is 3.15. The Kier molecular flexibility index (Phi) is 4.16. The standard InChI is InChI=1S/C17H17N3O2/c1-22-14-9-7-13(8-10-14)16(21)17-18-15(19-20-17)11-12-5-3-2-4-6-12/h2-10,16,21H,11H2,1H3,(H,18,19,20)/t16-/m0/s1.